The second-order valence-electron chi connectivity index (χ2n) is 5.88. The lowest BCUT2D eigenvalue weighted by Gasteiger charge is -2.06. The molecule has 0 saturated heterocycles. The van der Waals surface area contributed by atoms with Gasteiger partial charge in [-0.15, -0.1) is 11.8 Å². The van der Waals surface area contributed by atoms with Crippen LogP contribution in [0.1, 0.15) is 28.9 Å². The normalized spacial score (nSPS) is 13.5. The van der Waals surface area contributed by atoms with E-state index in [0.29, 0.717) is 16.6 Å². The topological polar surface area (TPSA) is 94.3 Å². The van der Waals surface area contributed by atoms with Gasteiger partial charge in [-0.05, 0) is 49.9 Å². The monoisotopic (exact) mass is 377 g/mol. The molecule has 2 amide bonds. The van der Waals surface area contributed by atoms with Gasteiger partial charge in [0, 0.05) is 5.56 Å². The van der Waals surface area contributed by atoms with Crippen molar-refractivity contribution in [2.24, 2.45) is 11.7 Å². The van der Waals surface area contributed by atoms with Crippen LogP contribution in [0.25, 0.3) is 0 Å². The van der Waals surface area contributed by atoms with Gasteiger partial charge in [0.1, 0.15) is 5.75 Å². The van der Waals surface area contributed by atoms with Gasteiger partial charge < -0.3 is 10.5 Å². The molecule has 2 aromatic rings. The summed E-state index contributed by atoms with van der Waals surface area (Å²) in [6.07, 6.45) is 2.49. The van der Waals surface area contributed by atoms with Gasteiger partial charge in [-0.1, -0.05) is 11.3 Å². The SMILES string of the molecule is Cc1nc(NC(=O)c2ccc(OCC3CC3)cc2)sc1SCC(N)=O. The Morgan fingerprint density at radius 3 is 2.72 bits per heavy atom. The van der Waals surface area contributed by atoms with Crippen molar-refractivity contribution in [1.82, 2.24) is 4.98 Å². The number of benzene rings is 1. The predicted octanol–water partition coefficient (Wildman–Crippen LogP) is 3.07. The molecule has 0 radical (unpaired) electrons. The van der Waals surface area contributed by atoms with Crippen molar-refractivity contribution in [3.8, 4) is 5.75 Å². The van der Waals surface area contributed by atoms with Gasteiger partial charge in [-0.25, -0.2) is 4.98 Å². The summed E-state index contributed by atoms with van der Waals surface area (Å²) >= 11 is 2.66. The molecule has 1 heterocycles. The van der Waals surface area contributed by atoms with E-state index in [0.717, 1.165) is 22.3 Å². The van der Waals surface area contributed by atoms with Gasteiger partial charge >= 0.3 is 0 Å². The summed E-state index contributed by atoms with van der Waals surface area (Å²) in [6.45, 7) is 2.58. The molecule has 132 valence electrons. The highest BCUT2D eigenvalue weighted by Crippen LogP contribution is 2.32. The van der Waals surface area contributed by atoms with Crippen LogP contribution in [0, 0.1) is 12.8 Å². The van der Waals surface area contributed by atoms with Crippen LogP contribution < -0.4 is 15.8 Å². The molecule has 8 heteroatoms. The number of thioether (sulfide) groups is 1. The largest absolute Gasteiger partial charge is 0.493 e. The first kappa shape index (κ1) is 17.8. The molecule has 1 aromatic carbocycles. The van der Waals surface area contributed by atoms with E-state index in [1.807, 2.05) is 6.92 Å². The minimum Gasteiger partial charge on any atom is -0.493 e. The van der Waals surface area contributed by atoms with Crippen molar-refractivity contribution < 1.29 is 14.3 Å². The van der Waals surface area contributed by atoms with Crippen LogP contribution in [0.4, 0.5) is 5.13 Å². The number of aromatic nitrogens is 1. The maximum atomic E-state index is 12.3. The van der Waals surface area contributed by atoms with Gasteiger partial charge in [-0.2, -0.15) is 0 Å². The van der Waals surface area contributed by atoms with E-state index in [1.165, 1.54) is 35.9 Å². The number of nitrogens with zero attached hydrogens (tertiary/aromatic N) is 1. The summed E-state index contributed by atoms with van der Waals surface area (Å²) in [4.78, 5) is 27.5. The standard InChI is InChI=1S/C17H19N3O3S2/c1-10-16(24-9-14(18)21)25-17(19-10)20-15(22)12-4-6-13(7-5-12)23-8-11-2-3-11/h4-7,11H,2-3,8-9H2,1H3,(H2,18,21)(H,19,20,22). The number of aryl methyl sites for hydroxylation is 1. The highest BCUT2D eigenvalue weighted by atomic mass is 32.2. The maximum absolute atomic E-state index is 12.3. The number of hydrogen-bond acceptors (Lipinski definition) is 6. The number of carbonyl (C=O) groups is 2. The summed E-state index contributed by atoms with van der Waals surface area (Å²) in [5.74, 6) is 1.05. The zero-order chi connectivity index (χ0) is 17.8. The molecule has 3 N–H and O–H groups in total. The first-order valence-corrected chi connectivity index (χ1v) is 9.74. The molecule has 1 fully saturated rings. The molecular formula is C17H19N3O3S2. The van der Waals surface area contributed by atoms with Gasteiger partial charge in [0.05, 0.1) is 22.3 Å². The van der Waals surface area contributed by atoms with Crippen LogP contribution in [-0.4, -0.2) is 29.2 Å². The molecule has 0 unspecified atom stereocenters. The Hall–Kier alpha value is -2.06. The second-order valence-corrected chi connectivity index (χ2v) is 8.12. The third-order valence-electron chi connectivity index (χ3n) is 3.62. The van der Waals surface area contributed by atoms with E-state index >= 15 is 0 Å². The molecule has 0 spiro atoms. The lowest BCUT2D eigenvalue weighted by molar-refractivity contribution is -0.115. The van der Waals surface area contributed by atoms with Crippen molar-refractivity contribution in [1.29, 1.82) is 0 Å². The number of carbonyl (C=O) groups excluding carboxylic acids is 2. The predicted molar refractivity (Wildman–Crippen MR) is 99.4 cm³/mol. The van der Waals surface area contributed by atoms with Crippen molar-refractivity contribution in [2.75, 3.05) is 17.7 Å². The molecular weight excluding hydrogens is 358 g/mol. The maximum Gasteiger partial charge on any atom is 0.257 e. The average molecular weight is 377 g/mol. The van der Waals surface area contributed by atoms with Crippen LogP contribution in [0.2, 0.25) is 0 Å². The molecule has 1 aliphatic rings. The third-order valence-corrected chi connectivity index (χ3v) is 6.08. The fourth-order valence-corrected chi connectivity index (χ4v) is 3.95. The molecule has 0 bridgehead atoms. The van der Waals surface area contributed by atoms with Crippen LogP contribution in [0.5, 0.6) is 5.75 Å². The molecule has 1 aromatic heterocycles. The number of thiazole rings is 1. The summed E-state index contributed by atoms with van der Waals surface area (Å²) < 4.78 is 6.54. The average Bonchev–Trinajstić information content (AvgIpc) is 3.35. The number of hydrogen-bond donors (Lipinski definition) is 2. The molecule has 1 aliphatic carbocycles. The first-order chi connectivity index (χ1) is 12.0. The molecule has 0 aliphatic heterocycles. The van der Waals surface area contributed by atoms with Crippen LogP contribution in [-0.2, 0) is 4.79 Å². The summed E-state index contributed by atoms with van der Waals surface area (Å²) in [5, 5.41) is 3.29. The van der Waals surface area contributed by atoms with E-state index in [-0.39, 0.29) is 17.6 Å². The Morgan fingerprint density at radius 1 is 1.36 bits per heavy atom. The van der Waals surface area contributed by atoms with E-state index in [2.05, 4.69) is 10.3 Å². The number of ether oxygens (including phenoxy) is 1. The van der Waals surface area contributed by atoms with Crippen LogP contribution >= 0.6 is 23.1 Å². The highest BCUT2D eigenvalue weighted by molar-refractivity contribution is 8.01. The van der Waals surface area contributed by atoms with Crippen molar-refractivity contribution in [3.05, 3.63) is 35.5 Å². The molecule has 1 saturated carbocycles. The lowest BCUT2D eigenvalue weighted by atomic mass is 10.2. The number of rotatable bonds is 8. The van der Waals surface area contributed by atoms with Crippen molar-refractivity contribution in [2.45, 2.75) is 24.0 Å². The quantitative estimate of drug-likeness (QED) is 0.690. The fourth-order valence-electron chi connectivity index (χ4n) is 2.08. The summed E-state index contributed by atoms with van der Waals surface area (Å²) in [6, 6.07) is 7.08. The summed E-state index contributed by atoms with van der Waals surface area (Å²) in [7, 11) is 0. The Bertz CT molecular complexity index is 770. The number of primary amides is 1. The van der Waals surface area contributed by atoms with E-state index in [4.69, 9.17) is 10.5 Å². The molecule has 25 heavy (non-hydrogen) atoms. The van der Waals surface area contributed by atoms with Gasteiger partial charge in [-0.3, -0.25) is 14.9 Å². The Kier molecular flexibility index (Phi) is 5.60. The molecule has 3 rings (SSSR count). The van der Waals surface area contributed by atoms with Gasteiger partial charge in [0.2, 0.25) is 5.91 Å². The van der Waals surface area contributed by atoms with Crippen molar-refractivity contribution in [3.63, 3.8) is 0 Å². The van der Waals surface area contributed by atoms with Crippen LogP contribution in [0.3, 0.4) is 0 Å². The van der Waals surface area contributed by atoms with E-state index in [9.17, 15) is 9.59 Å². The third kappa shape index (κ3) is 5.20. The van der Waals surface area contributed by atoms with Gasteiger partial charge in [0.15, 0.2) is 5.13 Å². The smallest absolute Gasteiger partial charge is 0.257 e. The number of nitrogens with two attached hydrogens (primary N) is 1. The number of nitrogens with one attached hydrogen (secondary N) is 1. The zero-order valence-electron chi connectivity index (χ0n) is 13.8. The Balaban J connectivity index is 1.57. The lowest BCUT2D eigenvalue weighted by Crippen LogP contribution is -2.12. The first-order valence-electron chi connectivity index (χ1n) is 7.94. The summed E-state index contributed by atoms with van der Waals surface area (Å²) in [5.41, 5.74) is 6.47. The van der Waals surface area contributed by atoms with Crippen LogP contribution in [0.15, 0.2) is 28.5 Å². The minimum atomic E-state index is -0.382. The number of anilines is 1. The highest BCUT2D eigenvalue weighted by Gasteiger charge is 2.21. The zero-order valence-corrected chi connectivity index (χ0v) is 15.4. The molecule has 0 atom stereocenters. The van der Waals surface area contributed by atoms with E-state index in [1.54, 1.807) is 24.3 Å². The molecule has 6 nitrogen and oxygen atoms in total. The minimum absolute atomic E-state index is 0.193. The Labute approximate surface area is 154 Å². The Morgan fingerprint density at radius 2 is 2.08 bits per heavy atom. The fraction of sp³-hybridized carbons (Fsp3) is 0.353. The second kappa shape index (κ2) is 7.88. The van der Waals surface area contributed by atoms with Gasteiger partial charge in [0.25, 0.3) is 5.91 Å². The van der Waals surface area contributed by atoms with E-state index < -0.39 is 0 Å². The number of amides is 2. The van der Waals surface area contributed by atoms with Crippen molar-refractivity contribution >= 4 is 40.0 Å².